The molecule has 7 atom stereocenters. The van der Waals surface area contributed by atoms with Crippen molar-refractivity contribution < 1.29 is 14.3 Å². The Kier molecular flexibility index (Phi) is 10.1. The number of H-pyrrole nitrogens is 2. The van der Waals surface area contributed by atoms with E-state index in [0.29, 0.717) is 86.4 Å². The lowest BCUT2D eigenvalue weighted by atomic mass is 10.1. The van der Waals surface area contributed by atoms with Gasteiger partial charge < -0.3 is 36.2 Å². The number of hydrogen-bond donors (Lipinski definition) is 5. The number of carbonyl (C=O) groups is 1. The van der Waals surface area contributed by atoms with Crippen LogP contribution in [0.5, 0.6) is 23.5 Å². The van der Waals surface area contributed by atoms with Gasteiger partial charge in [-0.05, 0) is 75.4 Å². The highest BCUT2D eigenvalue weighted by molar-refractivity contribution is 6.37. The average Bonchev–Trinajstić information content (AvgIpc) is 3.68. The number of fused-ring (bicyclic) bond motifs is 4. The molecule has 2 aliphatic carbocycles. The lowest BCUT2D eigenvalue weighted by Gasteiger charge is -2.28. The topological polar surface area (TPSA) is 237 Å². The molecule has 2 saturated heterocycles. The minimum Gasteiger partial charge on any atom is -0.424 e. The lowest BCUT2D eigenvalue weighted by molar-refractivity contribution is -0.121. The minimum absolute atomic E-state index is 0.0225. The van der Waals surface area contributed by atoms with E-state index < -0.39 is 11.4 Å². The summed E-state index contributed by atoms with van der Waals surface area (Å²) in [6, 6.07) is 18.1. The number of primary amides is 1. The van der Waals surface area contributed by atoms with E-state index in [1.54, 1.807) is 48.5 Å². The molecule has 0 spiro atoms. The van der Waals surface area contributed by atoms with Gasteiger partial charge in [-0.1, -0.05) is 42.3 Å². The van der Waals surface area contributed by atoms with E-state index in [1.165, 1.54) is 0 Å². The van der Waals surface area contributed by atoms with Crippen molar-refractivity contribution in [3.05, 3.63) is 92.5 Å². The number of halogens is 2. The zero-order valence-corrected chi connectivity index (χ0v) is 36.5. The molecule has 7 N–H and O–H groups in total. The van der Waals surface area contributed by atoms with Crippen molar-refractivity contribution in [2.45, 2.75) is 63.8 Å². The van der Waals surface area contributed by atoms with Crippen molar-refractivity contribution in [2.75, 3.05) is 26.2 Å². The van der Waals surface area contributed by atoms with Gasteiger partial charge in [-0.25, -0.2) is 0 Å². The zero-order chi connectivity index (χ0) is 44.1. The van der Waals surface area contributed by atoms with Crippen LogP contribution in [0.4, 0.5) is 0 Å². The van der Waals surface area contributed by atoms with Gasteiger partial charge in [-0.3, -0.25) is 14.6 Å². The molecule has 6 heterocycles. The molecule has 2 aromatic carbocycles. The summed E-state index contributed by atoms with van der Waals surface area (Å²) >= 11 is 14.3. The first-order valence-corrected chi connectivity index (χ1v) is 21.9. The molecule has 4 fully saturated rings. The van der Waals surface area contributed by atoms with E-state index in [4.69, 9.17) is 59.1 Å². The van der Waals surface area contributed by atoms with Crippen LogP contribution in [-0.4, -0.2) is 83.4 Å². The number of amides is 1. The van der Waals surface area contributed by atoms with Gasteiger partial charge in [-0.2, -0.15) is 30.5 Å². The number of aromatic nitrogens is 6. The third kappa shape index (κ3) is 6.93. The fourth-order valence-corrected chi connectivity index (χ4v) is 10.9. The highest BCUT2D eigenvalue weighted by Crippen LogP contribution is 2.55. The molecule has 0 radical (unpaired) electrons. The highest BCUT2D eigenvalue weighted by atomic mass is 35.5. The maximum atomic E-state index is 12.2. The van der Waals surface area contributed by atoms with Crippen LogP contribution in [0.2, 0.25) is 10.0 Å². The van der Waals surface area contributed by atoms with Crippen LogP contribution in [-0.2, 0) is 11.2 Å². The number of carbonyl (C=O) groups excluding carboxylic acids is 1. The monoisotopic (exact) mass is 885 g/mol. The Labute approximate surface area is 372 Å². The molecule has 10 rings (SSSR count). The normalized spacial score (nSPS) is 25.3. The fourth-order valence-electron chi connectivity index (χ4n) is 10.1. The second-order valence-corrected chi connectivity index (χ2v) is 18.1. The Morgan fingerprint density at radius 3 is 1.86 bits per heavy atom. The molecular weight excluding hydrogens is 841 g/mol. The van der Waals surface area contributed by atoms with Gasteiger partial charge in [0.15, 0.2) is 0 Å². The van der Waals surface area contributed by atoms with Crippen molar-refractivity contribution in [1.29, 1.82) is 10.5 Å². The minimum atomic E-state index is -0.976. The Hall–Kier alpha value is -5.85. The SMILES string of the molecule is CCc1[nH]c2nc(Oc3cccc(C#N)c3)nc(C(C)N3CC4C(C3)C4NC(C)c3[nH]c4nc(Oc5cccc(C#N)c5)nc(C(C)N5CC6C(C5)C6(N)C(N)=O)c4c3Cl)c2c1Cl. The Morgan fingerprint density at radius 1 is 0.841 bits per heavy atom. The summed E-state index contributed by atoms with van der Waals surface area (Å²) in [5.41, 5.74) is 16.3. The van der Waals surface area contributed by atoms with Crippen LogP contribution in [0.15, 0.2) is 48.5 Å². The van der Waals surface area contributed by atoms with Gasteiger partial charge in [0.05, 0.1) is 73.2 Å². The second-order valence-electron chi connectivity index (χ2n) is 17.3. The summed E-state index contributed by atoms with van der Waals surface area (Å²) in [4.78, 5) is 43.0. The van der Waals surface area contributed by atoms with Crippen LogP contribution in [0, 0.1) is 46.3 Å². The molecule has 2 saturated carbocycles. The van der Waals surface area contributed by atoms with Crippen molar-refractivity contribution in [2.24, 2.45) is 35.1 Å². The molecule has 0 bridgehead atoms. The number of aryl methyl sites for hydroxylation is 1. The molecule has 2 aliphatic heterocycles. The summed E-state index contributed by atoms with van der Waals surface area (Å²) in [5, 5.41) is 25.4. The molecule has 322 valence electrons. The maximum absolute atomic E-state index is 12.2. The Morgan fingerprint density at radius 2 is 1.35 bits per heavy atom. The molecule has 18 heteroatoms. The third-order valence-corrected chi connectivity index (χ3v) is 14.7. The van der Waals surface area contributed by atoms with Crippen LogP contribution in [0.1, 0.15) is 79.7 Å². The molecular formula is C45H45Cl2N13O3. The Balaban J connectivity index is 0.879. The van der Waals surface area contributed by atoms with Gasteiger partial charge in [0, 0.05) is 55.8 Å². The number of hydrogen-bond acceptors (Lipinski definition) is 13. The lowest BCUT2D eigenvalue weighted by Crippen LogP contribution is -2.47. The molecule has 4 aromatic heterocycles. The number of likely N-dealkylation sites (tertiary alicyclic amines) is 2. The second kappa shape index (κ2) is 15.4. The summed E-state index contributed by atoms with van der Waals surface area (Å²) < 4.78 is 12.3. The van der Waals surface area contributed by atoms with E-state index in [0.717, 1.165) is 35.6 Å². The van der Waals surface area contributed by atoms with E-state index in [9.17, 15) is 15.3 Å². The van der Waals surface area contributed by atoms with Crippen molar-refractivity contribution in [3.63, 3.8) is 0 Å². The number of nitrogens with zero attached hydrogens (tertiary/aromatic N) is 8. The number of rotatable bonds is 13. The van der Waals surface area contributed by atoms with Crippen LogP contribution < -0.4 is 26.3 Å². The summed E-state index contributed by atoms with van der Waals surface area (Å²) in [6.07, 6.45) is 0.704. The number of benzene rings is 2. The van der Waals surface area contributed by atoms with Gasteiger partial charge >= 0.3 is 12.0 Å². The van der Waals surface area contributed by atoms with Crippen LogP contribution in [0.25, 0.3) is 22.1 Å². The van der Waals surface area contributed by atoms with Crippen LogP contribution in [0.3, 0.4) is 0 Å². The predicted molar refractivity (Wildman–Crippen MR) is 235 cm³/mol. The van der Waals surface area contributed by atoms with E-state index in [2.05, 4.69) is 63.0 Å². The molecule has 63 heavy (non-hydrogen) atoms. The first-order valence-electron chi connectivity index (χ1n) is 21.2. The molecule has 1 amide bonds. The number of piperidine rings is 2. The number of aromatic amines is 2. The summed E-state index contributed by atoms with van der Waals surface area (Å²) in [5.74, 6) is 1.21. The van der Waals surface area contributed by atoms with Crippen molar-refractivity contribution in [1.82, 2.24) is 45.0 Å². The third-order valence-electron chi connectivity index (χ3n) is 13.9. The number of nitrogens with two attached hydrogens (primary N) is 2. The smallest absolute Gasteiger partial charge is 0.324 e. The van der Waals surface area contributed by atoms with Crippen molar-refractivity contribution in [3.8, 4) is 35.7 Å². The van der Waals surface area contributed by atoms with Gasteiger partial charge in [-0.15, -0.1) is 0 Å². The van der Waals surface area contributed by atoms with E-state index in [-0.39, 0.29) is 48.0 Å². The first-order chi connectivity index (χ1) is 30.3. The predicted octanol–water partition coefficient (Wildman–Crippen LogP) is 6.57. The van der Waals surface area contributed by atoms with Gasteiger partial charge in [0.25, 0.3) is 0 Å². The van der Waals surface area contributed by atoms with Crippen molar-refractivity contribution >= 4 is 51.2 Å². The zero-order valence-electron chi connectivity index (χ0n) is 35.0. The molecule has 7 unspecified atom stereocenters. The number of nitrogens with one attached hydrogen (secondary N) is 3. The largest absolute Gasteiger partial charge is 0.424 e. The number of nitriles is 2. The van der Waals surface area contributed by atoms with E-state index >= 15 is 0 Å². The highest BCUT2D eigenvalue weighted by Gasteiger charge is 2.70. The molecule has 16 nitrogen and oxygen atoms in total. The van der Waals surface area contributed by atoms with Gasteiger partial charge in [0.2, 0.25) is 5.91 Å². The standard InChI is InChI=1S/C45H45Cl2N13O3/c1-5-31-34(46)32-37(55-43(57-40(32)53-31)62-25-10-6-8-23(12-25)14-48)21(3)59-16-27-28(17-59)39(27)52-20(2)36-35(47)33-38(22(4)60-18-29-30(19-60)45(29,51)42(50)61)56-44(58-41(33)54-36)63-26-11-7-9-24(13-26)15-49/h6-13,20-22,27-30,39,52H,5,16-19,51H2,1-4H3,(H2,50,61)(H,53,55,57)(H,54,56,58). The quantitative estimate of drug-likeness (QED) is 0.0826. The number of ether oxygens (including phenoxy) is 2. The van der Waals surface area contributed by atoms with Crippen LogP contribution >= 0.6 is 23.2 Å². The first kappa shape index (κ1) is 41.2. The Bertz CT molecular complexity index is 2900. The fraction of sp³-hybridized carbons (Fsp3) is 0.400. The summed E-state index contributed by atoms with van der Waals surface area (Å²) in [7, 11) is 0. The van der Waals surface area contributed by atoms with E-state index in [1.807, 2.05) is 6.92 Å². The van der Waals surface area contributed by atoms with Gasteiger partial charge in [0.1, 0.15) is 28.3 Å². The summed E-state index contributed by atoms with van der Waals surface area (Å²) in [6.45, 7) is 11.2. The maximum Gasteiger partial charge on any atom is 0.324 e. The average molecular weight is 887 g/mol. The molecule has 6 aromatic rings. The molecule has 4 aliphatic rings.